The van der Waals surface area contributed by atoms with Crippen molar-refractivity contribution < 1.29 is 9.53 Å². The summed E-state index contributed by atoms with van der Waals surface area (Å²) in [5, 5.41) is 9.75. The van der Waals surface area contributed by atoms with Gasteiger partial charge < -0.3 is 9.64 Å². The van der Waals surface area contributed by atoms with Gasteiger partial charge >= 0.3 is 5.97 Å². The summed E-state index contributed by atoms with van der Waals surface area (Å²) in [5.74, 6) is -0.935. The molecule has 0 aliphatic carbocycles. The van der Waals surface area contributed by atoms with Gasteiger partial charge in [-0.1, -0.05) is 38.3 Å². The quantitative estimate of drug-likeness (QED) is 0.500. The fourth-order valence-electron chi connectivity index (χ4n) is 3.55. The van der Waals surface area contributed by atoms with Crippen LogP contribution < -0.4 is 4.90 Å². The van der Waals surface area contributed by atoms with Gasteiger partial charge in [-0.15, -0.1) is 0 Å². The number of esters is 1. The number of carbonyl (C=O) groups is 1. The molecule has 6 nitrogen and oxygen atoms in total. The summed E-state index contributed by atoms with van der Waals surface area (Å²) in [4.78, 5) is 24.2. The lowest BCUT2D eigenvalue weighted by Crippen LogP contribution is -2.32. The summed E-state index contributed by atoms with van der Waals surface area (Å²) < 4.78 is 5.40. The van der Waals surface area contributed by atoms with Crippen LogP contribution in [0.25, 0.3) is 11.0 Å². The third-order valence-corrected chi connectivity index (χ3v) is 5.11. The Morgan fingerprint density at radius 1 is 1.14 bits per heavy atom. The number of para-hydroxylation sites is 2. The van der Waals surface area contributed by atoms with E-state index in [1.807, 2.05) is 24.3 Å². The molecule has 0 amide bonds. The second-order valence-corrected chi connectivity index (χ2v) is 7.26. The Hall–Kier alpha value is -2.68. The van der Waals surface area contributed by atoms with Gasteiger partial charge in [-0.05, 0) is 37.8 Å². The molecule has 0 saturated carbocycles. The molecule has 0 unspecified atom stereocenters. The number of hydrogen-bond acceptors (Lipinski definition) is 6. The van der Waals surface area contributed by atoms with E-state index >= 15 is 0 Å². The van der Waals surface area contributed by atoms with Crippen molar-refractivity contribution in [1.29, 1.82) is 5.26 Å². The molecule has 0 bridgehead atoms. The highest BCUT2D eigenvalue weighted by molar-refractivity contribution is 5.85. The predicted molar refractivity (Wildman–Crippen MR) is 109 cm³/mol. The van der Waals surface area contributed by atoms with Gasteiger partial charge in [0.2, 0.25) is 0 Å². The van der Waals surface area contributed by atoms with Crippen LogP contribution in [-0.4, -0.2) is 35.6 Å². The molecule has 148 valence electrons. The molecule has 0 N–H and O–H groups in total. The van der Waals surface area contributed by atoms with Crippen LogP contribution in [0.5, 0.6) is 0 Å². The maximum absolute atomic E-state index is 12.6. The van der Waals surface area contributed by atoms with Gasteiger partial charge in [0.05, 0.1) is 23.7 Å². The van der Waals surface area contributed by atoms with Crippen LogP contribution in [0.1, 0.15) is 63.5 Å². The van der Waals surface area contributed by atoms with Gasteiger partial charge in [-0.25, -0.2) is 9.97 Å². The predicted octanol–water partition coefficient (Wildman–Crippen LogP) is 4.35. The van der Waals surface area contributed by atoms with Crippen LogP contribution in [0.2, 0.25) is 0 Å². The van der Waals surface area contributed by atoms with Gasteiger partial charge in [-0.2, -0.15) is 5.26 Å². The molecule has 2 aromatic rings. The van der Waals surface area contributed by atoms with E-state index in [-0.39, 0.29) is 0 Å². The van der Waals surface area contributed by atoms with Crippen molar-refractivity contribution >= 4 is 22.8 Å². The van der Waals surface area contributed by atoms with E-state index in [1.54, 1.807) is 0 Å². The van der Waals surface area contributed by atoms with Crippen molar-refractivity contribution in [2.75, 3.05) is 24.6 Å². The first-order chi connectivity index (χ1) is 13.7. The average Bonchev–Trinajstić information content (AvgIpc) is 2.74. The molecular weight excluding hydrogens is 352 g/mol. The first-order valence-electron chi connectivity index (χ1n) is 10.3. The summed E-state index contributed by atoms with van der Waals surface area (Å²) in [6.45, 7) is 4.21. The second-order valence-electron chi connectivity index (χ2n) is 7.26. The third kappa shape index (κ3) is 4.78. The average molecular weight is 380 g/mol. The molecule has 1 aliphatic rings. The fourth-order valence-corrected chi connectivity index (χ4v) is 3.55. The summed E-state index contributed by atoms with van der Waals surface area (Å²) in [6, 6.07) is 9.68. The number of ether oxygens (including phenoxy) is 1. The van der Waals surface area contributed by atoms with Gasteiger partial charge in [-0.3, -0.25) is 4.79 Å². The minimum Gasteiger partial charge on any atom is -0.464 e. The van der Waals surface area contributed by atoms with E-state index in [4.69, 9.17) is 9.72 Å². The van der Waals surface area contributed by atoms with Gasteiger partial charge in [0.25, 0.3) is 0 Å². The maximum Gasteiger partial charge on any atom is 0.329 e. The van der Waals surface area contributed by atoms with Gasteiger partial charge in [0.1, 0.15) is 5.69 Å². The largest absolute Gasteiger partial charge is 0.464 e. The lowest BCUT2D eigenvalue weighted by atomic mass is 10.0. The highest BCUT2D eigenvalue weighted by Crippen LogP contribution is 2.29. The van der Waals surface area contributed by atoms with E-state index in [0.717, 1.165) is 57.1 Å². The number of unbranched alkanes of at least 4 members (excludes halogenated alkanes) is 3. The number of hydrogen-bond donors (Lipinski definition) is 0. The standard InChI is InChI=1S/C22H28N4O2/c1-2-3-4-10-15-28-22(27)17(16-23)20-21(26-13-8-5-9-14-26)25-19-12-7-6-11-18(19)24-20/h6-7,11-12,17H,2-5,8-10,13-15H2,1H3/t17-/m0/s1. The van der Waals surface area contributed by atoms with Gasteiger partial charge in [0, 0.05) is 13.1 Å². The van der Waals surface area contributed by atoms with Crippen LogP contribution in [-0.2, 0) is 9.53 Å². The molecule has 0 radical (unpaired) electrons. The Bertz CT molecular complexity index is 840. The minimum absolute atomic E-state index is 0.344. The van der Waals surface area contributed by atoms with Crippen LogP contribution in [0.3, 0.4) is 0 Å². The molecule has 28 heavy (non-hydrogen) atoms. The zero-order valence-corrected chi connectivity index (χ0v) is 16.6. The van der Waals surface area contributed by atoms with E-state index in [2.05, 4.69) is 22.9 Å². The van der Waals surface area contributed by atoms with Crippen molar-refractivity contribution in [1.82, 2.24) is 9.97 Å². The van der Waals surface area contributed by atoms with Crippen molar-refractivity contribution in [3.8, 4) is 6.07 Å². The van der Waals surface area contributed by atoms with Crippen molar-refractivity contribution in [3.05, 3.63) is 30.0 Å². The molecular formula is C22H28N4O2. The zero-order valence-electron chi connectivity index (χ0n) is 16.6. The van der Waals surface area contributed by atoms with E-state index in [9.17, 15) is 10.1 Å². The van der Waals surface area contributed by atoms with Crippen molar-refractivity contribution in [3.63, 3.8) is 0 Å². The molecule has 0 spiro atoms. The summed E-state index contributed by atoms with van der Waals surface area (Å²) >= 11 is 0. The third-order valence-electron chi connectivity index (χ3n) is 5.11. The minimum atomic E-state index is -1.06. The lowest BCUT2D eigenvalue weighted by molar-refractivity contribution is -0.144. The highest BCUT2D eigenvalue weighted by Gasteiger charge is 2.30. The van der Waals surface area contributed by atoms with Crippen molar-refractivity contribution in [2.24, 2.45) is 0 Å². The number of aromatic nitrogens is 2. The summed E-state index contributed by atoms with van der Waals surface area (Å²) in [7, 11) is 0. The number of piperidine rings is 1. The lowest BCUT2D eigenvalue weighted by Gasteiger charge is -2.29. The number of fused-ring (bicyclic) bond motifs is 1. The van der Waals surface area contributed by atoms with Crippen LogP contribution >= 0.6 is 0 Å². The normalized spacial score (nSPS) is 15.2. The zero-order chi connectivity index (χ0) is 19.8. The SMILES string of the molecule is CCCCCCOC(=O)[C@@H](C#N)c1nc2ccccc2nc1N1CCCCC1. The maximum atomic E-state index is 12.6. The van der Waals surface area contributed by atoms with Crippen LogP contribution in [0.15, 0.2) is 24.3 Å². The Labute approximate surface area is 166 Å². The first kappa shape index (κ1) is 20.1. The second kappa shape index (κ2) is 10.0. The number of anilines is 1. The number of nitrogens with zero attached hydrogens (tertiary/aromatic N) is 4. The molecule has 2 heterocycles. The molecule has 1 aromatic heterocycles. The van der Waals surface area contributed by atoms with E-state index in [0.29, 0.717) is 23.6 Å². The number of benzene rings is 1. The summed E-state index contributed by atoms with van der Waals surface area (Å²) in [6.07, 6.45) is 7.43. The Balaban J connectivity index is 1.87. The van der Waals surface area contributed by atoms with Crippen LogP contribution in [0.4, 0.5) is 5.82 Å². The fraction of sp³-hybridized carbons (Fsp3) is 0.545. The number of carbonyl (C=O) groups excluding carboxylic acids is 1. The van der Waals surface area contributed by atoms with Crippen LogP contribution in [0, 0.1) is 11.3 Å². The molecule has 1 fully saturated rings. The molecule has 1 saturated heterocycles. The van der Waals surface area contributed by atoms with Crippen molar-refractivity contribution in [2.45, 2.75) is 57.8 Å². The van der Waals surface area contributed by atoms with E-state index < -0.39 is 11.9 Å². The molecule has 6 heteroatoms. The monoisotopic (exact) mass is 380 g/mol. The van der Waals surface area contributed by atoms with Gasteiger partial charge in [0.15, 0.2) is 11.7 Å². The smallest absolute Gasteiger partial charge is 0.329 e. The number of rotatable bonds is 8. The van der Waals surface area contributed by atoms with E-state index in [1.165, 1.54) is 6.42 Å². The Morgan fingerprint density at radius 2 is 1.86 bits per heavy atom. The Kier molecular flexibility index (Phi) is 7.18. The first-order valence-corrected chi connectivity index (χ1v) is 10.3. The molecule has 3 rings (SSSR count). The molecule has 1 atom stereocenters. The summed E-state index contributed by atoms with van der Waals surface area (Å²) in [5.41, 5.74) is 1.88. The highest BCUT2D eigenvalue weighted by atomic mass is 16.5. The Morgan fingerprint density at radius 3 is 2.54 bits per heavy atom. The number of nitriles is 1. The molecule has 1 aliphatic heterocycles. The molecule has 1 aromatic carbocycles. The topological polar surface area (TPSA) is 79.1 Å².